The van der Waals surface area contributed by atoms with E-state index in [2.05, 4.69) is 15.5 Å². The summed E-state index contributed by atoms with van der Waals surface area (Å²) in [7, 11) is 1.55. The van der Waals surface area contributed by atoms with Gasteiger partial charge in [-0.15, -0.1) is 0 Å². The second kappa shape index (κ2) is 8.36. The lowest BCUT2D eigenvalue weighted by atomic mass is 10.1. The molecule has 1 atom stereocenters. The monoisotopic (exact) mass is 406 g/mol. The Morgan fingerprint density at radius 1 is 1.17 bits per heavy atom. The number of aryl methyl sites for hydroxylation is 1. The van der Waals surface area contributed by atoms with Crippen LogP contribution in [0.2, 0.25) is 0 Å². The third kappa shape index (κ3) is 3.89. The van der Waals surface area contributed by atoms with Crippen LogP contribution >= 0.6 is 0 Å². The Balaban J connectivity index is 1.48. The zero-order valence-corrected chi connectivity index (χ0v) is 16.8. The van der Waals surface area contributed by atoms with Crippen LogP contribution in [0, 0.1) is 6.92 Å². The normalized spacial score (nSPS) is 15.8. The highest BCUT2D eigenvalue weighted by molar-refractivity contribution is 6.02. The summed E-state index contributed by atoms with van der Waals surface area (Å²) in [5, 5.41) is 6.77. The molecule has 154 valence electrons. The van der Waals surface area contributed by atoms with E-state index < -0.39 is 6.04 Å². The van der Waals surface area contributed by atoms with E-state index in [4.69, 9.17) is 9.26 Å². The second-order valence-corrected chi connectivity index (χ2v) is 7.06. The first kappa shape index (κ1) is 19.6. The van der Waals surface area contributed by atoms with E-state index in [0.717, 1.165) is 12.0 Å². The van der Waals surface area contributed by atoms with Crippen LogP contribution in [0.1, 0.15) is 29.1 Å². The zero-order chi connectivity index (χ0) is 21.1. The van der Waals surface area contributed by atoms with Crippen LogP contribution < -0.4 is 10.1 Å². The lowest BCUT2D eigenvalue weighted by Crippen LogP contribution is -2.43. The average Bonchev–Trinajstić information content (AvgIpc) is 3.43. The van der Waals surface area contributed by atoms with Crippen LogP contribution in [-0.4, -0.2) is 46.6 Å². The summed E-state index contributed by atoms with van der Waals surface area (Å²) in [4.78, 5) is 31.8. The minimum Gasteiger partial charge on any atom is -0.495 e. The Labute approximate surface area is 173 Å². The molecule has 0 saturated carbocycles. The fraction of sp³-hybridized carbons (Fsp3) is 0.273. The van der Waals surface area contributed by atoms with E-state index in [1.807, 2.05) is 12.1 Å². The molecule has 8 heteroatoms. The van der Waals surface area contributed by atoms with Gasteiger partial charge in [0.25, 0.3) is 5.91 Å². The van der Waals surface area contributed by atoms with Crippen LogP contribution in [-0.2, 0) is 4.79 Å². The first-order chi connectivity index (χ1) is 14.6. The van der Waals surface area contributed by atoms with Gasteiger partial charge in [-0.05, 0) is 37.1 Å². The number of nitrogens with one attached hydrogen (secondary N) is 1. The molecule has 1 aliphatic rings. The van der Waals surface area contributed by atoms with Gasteiger partial charge in [-0.1, -0.05) is 29.4 Å². The van der Waals surface area contributed by atoms with Crippen molar-refractivity contribution in [3.63, 3.8) is 0 Å². The molecule has 4 rings (SSSR count). The highest BCUT2D eigenvalue weighted by Crippen LogP contribution is 2.26. The standard InChI is InChI=1S/C22H22N4O4/c1-14-23-20(25-30-14)15-9-11-16(12-10-15)22(28)26-13-5-7-18(26)21(27)24-17-6-3-4-8-19(17)29-2/h3-4,6,8-12,18H,5,7,13H2,1-2H3,(H,24,27). The molecule has 2 amide bonds. The summed E-state index contributed by atoms with van der Waals surface area (Å²) in [5.74, 6) is 1.13. The minimum atomic E-state index is -0.526. The molecule has 8 nitrogen and oxygen atoms in total. The van der Waals surface area contributed by atoms with E-state index >= 15 is 0 Å². The van der Waals surface area contributed by atoms with Gasteiger partial charge in [-0.25, -0.2) is 0 Å². The molecule has 30 heavy (non-hydrogen) atoms. The smallest absolute Gasteiger partial charge is 0.254 e. The van der Waals surface area contributed by atoms with Crippen LogP contribution in [0.15, 0.2) is 53.1 Å². The molecule has 2 heterocycles. The number of aromatic nitrogens is 2. The number of nitrogens with zero attached hydrogens (tertiary/aromatic N) is 3. The Bertz CT molecular complexity index is 1060. The third-order valence-electron chi connectivity index (χ3n) is 5.10. The van der Waals surface area contributed by atoms with Crippen molar-refractivity contribution >= 4 is 17.5 Å². The lowest BCUT2D eigenvalue weighted by Gasteiger charge is -2.24. The molecule has 0 radical (unpaired) electrons. The quantitative estimate of drug-likeness (QED) is 0.698. The number of rotatable bonds is 5. The predicted octanol–water partition coefficient (Wildman–Crippen LogP) is 3.30. The number of carbonyl (C=O) groups is 2. The lowest BCUT2D eigenvalue weighted by molar-refractivity contribution is -0.119. The number of anilines is 1. The van der Waals surface area contributed by atoms with Gasteiger partial charge in [0.05, 0.1) is 12.8 Å². The number of hydrogen-bond donors (Lipinski definition) is 1. The third-order valence-corrected chi connectivity index (χ3v) is 5.10. The molecule has 1 unspecified atom stereocenters. The van der Waals surface area contributed by atoms with Crippen LogP contribution in [0.25, 0.3) is 11.4 Å². The van der Waals surface area contributed by atoms with Gasteiger partial charge in [0, 0.05) is 24.6 Å². The number of carbonyl (C=O) groups excluding carboxylic acids is 2. The van der Waals surface area contributed by atoms with E-state index in [1.165, 1.54) is 0 Å². The summed E-state index contributed by atoms with van der Waals surface area (Å²) < 4.78 is 10.3. The fourth-order valence-corrected chi connectivity index (χ4v) is 3.59. The maximum atomic E-state index is 13.1. The van der Waals surface area contributed by atoms with Crippen molar-refractivity contribution in [2.45, 2.75) is 25.8 Å². The van der Waals surface area contributed by atoms with Gasteiger partial charge in [0.15, 0.2) is 0 Å². The molecule has 1 aliphatic heterocycles. The summed E-state index contributed by atoms with van der Waals surface area (Å²) in [5.41, 5.74) is 1.86. The van der Waals surface area contributed by atoms with Gasteiger partial charge >= 0.3 is 0 Å². The van der Waals surface area contributed by atoms with Crippen LogP contribution in [0.3, 0.4) is 0 Å². The molecule has 3 aromatic rings. The molecule has 0 aliphatic carbocycles. The maximum Gasteiger partial charge on any atom is 0.254 e. The minimum absolute atomic E-state index is 0.177. The van der Waals surface area contributed by atoms with Crippen molar-refractivity contribution in [2.75, 3.05) is 19.0 Å². The summed E-state index contributed by atoms with van der Waals surface area (Å²) >= 11 is 0. The predicted molar refractivity (Wildman–Crippen MR) is 110 cm³/mol. The molecule has 1 aromatic heterocycles. The highest BCUT2D eigenvalue weighted by Gasteiger charge is 2.34. The van der Waals surface area contributed by atoms with Crippen molar-refractivity contribution in [3.8, 4) is 17.1 Å². The van der Waals surface area contributed by atoms with Gasteiger partial charge in [-0.2, -0.15) is 4.98 Å². The largest absolute Gasteiger partial charge is 0.495 e. The molecule has 1 N–H and O–H groups in total. The summed E-state index contributed by atoms with van der Waals surface area (Å²) in [6.07, 6.45) is 1.39. The van der Waals surface area contributed by atoms with Crippen LogP contribution in [0.4, 0.5) is 5.69 Å². The Kier molecular flexibility index (Phi) is 5.47. The van der Waals surface area contributed by atoms with Gasteiger partial charge in [0.2, 0.25) is 17.6 Å². The highest BCUT2D eigenvalue weighted by atomic mass is 16.5. The summed E-state index contributed by atoms with van der Waals surface area (Å²) in [6.45, 7) is 2.26. The molecule has 2 aromatic carbocycles. The van der Waals surface area contributed by atoms with E-state index in [9.17, 15) is 9.59 Å². The van der Waals surface area contributed by atoms with Crippen molar-refractivity contribution in [3.05, 3.63) is 60.0 Å². The van der Waals surface area contributed by atoms with Crippen molar-refractivity contribution in [2.24, 2.45) is 0 Å². The van der Waals surface area contributed by atoms with Crippen molar-refractivity contribution in [1.82, 2.24) is 15.0 Å². The number of hydrogen-bond acceptors (Lipinski definition) is 6. The van der Waals surface area contributed by atoms with E-state index in [0.29, 0.717) is 41.7 Å². The number of likely N-dealkylation sites (tertiary alicyclic amines) is 1. The number of para-hydroxylation sites is 2. The topological polar surface area (TPSA) is 97.6 Å². The van der Waals surface area contributed by atoms with E-state index in [1.54, 1.807) is 55.3 Å². The first-order valence-electron chi connectivity index (χ1n) is 9.72. The second-order valence-electron chi connectivity index (χ2n) is 7.06. The average molecular weight is 406 g/mol. The van der Waals surface area contributed by atoms with Crippen molar-refractivity contribution in [1.29, 1.82) is 0 Å². The zero-order valence-electron chi connectivity index (χ0n) is 16.8. The Morgan fingerprint density at radius 2 is 1.93 bits per heavy atom. The van der Waals surface area contributed by atoms with Crippen molar-refractivity contribution < 1.29 is 18.8 Å². The number of methoxy groups -OCH3 is 1. The Morgan fingerprint density at radius 3 is 2.63 bits per heavy atom. The first-order valence-corrected chi connectivity index (χ1v) is 9.72. The fourth-order valence-electron chi connectivity index (χ4n) is 3.59. The molecular formula is C22H22N4O4. The van der Waals surface area contributed by atoms with E-state index in [-0.39, 0.29) is 11.8 Å². The molecule has 1 fully saturated rings. The SMILES string of the molecule is COc1ccccc1NC(=O)C1CCCN1C(=O)c1ccc(-c2noc(C)n2)cc1. The molecule has 0 spiro atoms. The van der Waals surface area contributed by atoms with Gasteiger partial charge < -0.3 is 19.5 Å². The summed E-state index contributed by atoms with van der Waals surface area (Å²) in [6, 6.07) is 13.7. The molecule has 0 bridgehead atoms. The number of benzene rings is 2. The number of amides is 2. The van der Waals surface area contributed by atoms with Crippen LogP contribution in [0.5, 0.6) is 5.75 Å². The Hall–Kier alpha value is -3.68. The molecular weight excluding hydrogens is 384 g/mol. The van der Waals surface area contributed by atoms with Gasteiger partial charge in [-0.3, -0.25) is 9.59 Å². The number of ether oxygens (including phenoxy) is 1. The maximum absolute atomic E-state index is 13.1. The van der Waals surface area contributed by atoms with Gasteiger partial charge in [0.1, 0.15) is 11.8 Å². The molecule has 1 saturated heterocycles.